The molecule has 0 aromatic carbocycles. The minimum absolute atomic E-state index is 0.0395. The Morgan fingerprint density at radius 3 is 2.67 bits per heavy atom. The molecule has 4 heteroatoms. The maximum absolute atomic E-state index is 5.30. The lowest BCUT2D eigenvalue weighted by Crippen LogP contribution is -2.30. The molecule has 0 unspecified atom stereocenters. The van der Waals surface area contributed by atoms with Crippen LogP contribution >= 0.6 is 0 Å². The van der Waals surface area contributed by atoms with E-state index in [9.17, 15) is 0 Å². The van der Waals surface area contributed by atoms with Crippen molar-refractivity contribution >= 4 is 5.82 Å². The Morgan fingerprint density at radius 1 is 1.33 bits per heavy atom. The number of hydrogen-bond donors (Lipinski definition) is 1. The van der Waals surface area contributed by atoms with Gasteiger partial charge in [-0.3, -0.25) is 0 Å². The molecular weight excluding hydrogens is 190 g/mol. The van der Waals surface area contributed by atoms with E-state index in [2.05, 4.69) is 36.1 Å². The third-order valence-corrected chi connectivity index (χ3v) is 2.28. The second-order valence-corrected chi connectivity index (χ2v) is 4.04. The van der Waals surface area contributed by atoms with Crippen molar-refractivity contribution in [3.05, 3.63) is 12.4 Å². The molecule has 1 N–H and O–H groups in total. The van der Waals surface area contributed by atoms with Crippen LogP contribution in [0.1, 0.15) is 34.1 Å². The van der Waals surface area contributed by atoms with Gasteiger partial charge in [-0.05, 0) is 27.2 Å². The molecule has 0 saturated carbocycles. The van der Waals surface area contributed by atoms with Gasteiger partial charge in [0.15, 0.2) is 0 Å². The molecule has 84 valence electrons. The van der Waals surface area contributed by atoms with Crippen molar-refractivity contribution in [3.8, 4) is 5.88 Å². The number of aromatic nitrogens is 2. The van der Waals surface area contributed by atoms with Crippen molar-refractivity contribution in [2.24, 2.45) is 0 Å². The number of ether oxygens (including phenoxy) is 1. The largest absolute Gasteiger partial charge is 0.478 e. The SMILES string of the molecule is CCOc1cc(NC(C)(C)CC)ncn1. The van der Waals surface area contributed by atoms with Gasteiger partial charge in [0.2, 0.25) is 5.88 Å². The summed E-state index contributed by atoms with van der Waals surface area (Å²) >= 11 is 0. The van der Waals surface area contributed by atoms with Gasteiger partial charge in [0, 0.05) is 11.6 Å². The van der Waals surface area contributed by atoms with Crippen LogP contribution in [0.15, 0.2) is 12.4 Å². The molecule has 0 aliphatic rings. The quantitative estimate of drug-likeness (QED) is 0.809. The van der Waals surface area contributed by atoms with Crippen LogP contribution in [-0.4, -0.2) is 22.1 Å². The van der Waals surface area contributed by atoms with Gasteiger partial charge in [0.25, 0.3) is 0 Å². The second kappa shape index (κ2) is 4.96. The first-order valence-electron chi connectivity index (χ1n) is 5.30. The van der Waals surface area contributed by atoms with Crippen LogP contribution in [-0.2, 0) is 0 Å². The van der Waals surface area contributed by atoms with Gasteiger partial charge in [-0.1, -0.05) is 6.92 Å². The molecule has 0 spiro atoms. The second-order valence-electron chi connectivity index (χ2n) is 4.04. The summed E-state index contributed by atoms with van der Waals surface area (Å²) in [6, 6.07) is 1.82. The summed E-state index contributed by atoms with van der Waals surface area (Å²) in [6.07, 6.45) is 2.54. The Kier molecular flexibility index (Phi) is 3.88. The monoisotopic (exact) mass is 209 g/mol. The maximum atomic E-state index is 5.30. The van der Waals surface area contributed by atoms with Gasteiger partial charge in [-0.15, -0.1) is 0 Å². The fourth-order valence-corrected chi connectivity index (χ4v) is 1.07. The van der Waals surface area contributed by atoms with E-state index >= 15 is 0 Å². The molecule has 0 aliphatic heterocycles. The number of hydrogen-bond acceptors (Lipinski definition) is 4. The zero-order chi connectivity index (χ0) is 11.3. The first kappa shape index (κ1) is 11.8. The molecule has 0 fully saturated rings. The molecule has 0 aliphatic carbocycles. The van der Waals surface area contributed by atoms with Gasteiger partial charge < -0.3 is 10.1 Å². The predicted molar refractivity (Wildman–Crippen MR) is 61.2 cm³/mol. The highest BCUT2D eigenvalue weighted by Crippen LogP contribution is 2.18. The molecule has 0 saturated heterocycles. The van der Waals surface area contributed by atoms with Crippen LogP contribution in [0, 0.1) is 0 Å². The first-order chi connectivity index (χ1) is 7.07. The molecule has 4 nitrogen and oxygen atoms in total. The van der Waals surface area contributed by atoms with E-state index in [1.165, 1.54) is 6.33 Å². The molecular formula is C11H19N3O. The van der Waals surface area contributed by atoms with Crippen molar-refractivity contribution in [1.82, 2.24) is 9.97 Å². The third-order valence-electron chi connectivity index (χ3n) is 2.28. The van der Waals surface area contributed by atoms with Crippen molar-refractivity contribution in [3.63, 3.8) is 0 Å². The normalized spacial score (nSPS) is 11.2. The van der Waals surface area contributed by atoms with E-state index in [1.54, 1.807) is 0 Å². The van der Waals surface area contributed by atoms with Crippen molar-refractivity contribution in [1.29, 1.82) is 0 Å². The van der Waals surface area contributed by atoms with Crippen LogP contribution in [0.25, 0.3) is 0 Å². The van der Waals surface area contributed by atoms with Crippen LogP contribution in [0.2, 0.25) is 0 Å². The molecule has 0 bridgehead atoms. The van der Waals surface area contributed by atoms with Crippen LogP contribution in [0.4, 0.5) is 5.82 Å². The summed E-state index contributed by atoms with van der Waals surface area (Å²) in [6.45, 7) is 8.96. The summed E-state index contributed by atoms with van der Waals surface area (Å²) in [5.74, 6) is 1.42. The van der Waals surface area contributed by atoms with E-state index < -0.39 is 0 Å². The molecule has 1 heterocycles. The third kappa shape index (κ3) is 3.73. The molecule has 15 heavy (non-hydrogen) atoms. The first-order valence-corrected chi connectivity index (χ1v) is 5.30. The van der Waals surface area contributed by atoms with Gasteiger partial charge >= 0.3 is 0 Å². The smallest absolute Gasteiger partial charge is 0.218 e. The van der Waals surface area contributed by atoms with Crippen molar-refractivity contribution in [2.75, 3.05) is 11.9 Å². The average molecular weight is 209 g/mol. The summed E-state index contributed by atoms with van der Waals surface area (Å²) in [5.41, 5.74) is 0.0395. The minimum atomic E-state index is 0.0395. The van der Waals surface area contributed by atoms with E-state index in [1.807, 2.05) is 13.0 Å². The molecule has 0 radical (unpaired) electrons. The van der Waals surface area contributed by atoms with Gasteiger partial charge in [0.05, 0.1) is 6.61 Å². The molecule has 1 rings (SSSR count). The topological polar surface area (TPSA) is 47.0 Å². The van der Waals surface area contributed by atoms with E-state index in [0.717, 1.165) is 12.2 Å². The average Bonchev–Trinajstić information content (AvgIpc) is 2.18. The molecule has 0 amide bonds. The number of rotatable bonds is 5. The highest BCUT2D eigenvalue weighted by molar-refractivity contribution is 5.39. The predicted octanol–water partition coefficient (Wildman–Crippen LogP) is 2.48. The minimum Gasteiger partial charge on any atom is -0.478 e. The lowest BCUT2D eigenvalue weighted by molar-refractivity contribution is 0.326. The van der Waals surface area contributed by atoms with Crippen molar-refractivity contribution in [2.45, 2.75) is 39.7 Å². The number of anilines is 1. The molecule has 1 aromatic rings. The fourth-order valence-electron chi connectivity index (χ4n) is 1.07. The Bertz CT molecular complexity index is 312. The highest BCUT2D eigenvalue weighted by Gasteiger charge is 2.15. The Balaban J connectivity index is 2.73. The van der Waals surface area contributed by atoms with Gasteiger partial charge in [-0.2, -0.15) is 0 Å². The summed E-state index contributed by atoms with van der Waals surface area (Å²) < 4.78 is 5.30. The number of nitrogens with one attached hydrogen (secondary N) is 1. The Labute approximate surface area is 91.1 Å². The van der Waals surface area contributed by atoms with Gasteiger partial charge in [0.1, 0.15) is 12.1 Å². The Hall–Kier alpha value is -1.32. The van der Waals surface area contributed by atoms with Crippen molar-refractivity contribution < 1.29 is 4.74 Å². The van der Waals surface area contributed by atoms with Gasteiger partial charge in [-0.25, -0.2) is 9.97 Å². The van der Waals surface area contributed by atoms with E-state index in [-0.39, 0.29) is 5.54 Å². The van der Waals surface area contributed by atoms with Crippen LogP contribution in [0.5, 0.6) is 5.88 Å². The Morgan fingerprint density at radius 2 is 2.07 bits per heavy atom. The van der Waals surface area contributed by atoms with Crippen LogP contribution < -0.4 is 10.1 Å². The summed E-state index contributed by atoms with van der Waals surface area (Å²) in [7, 11) is 0. The fraction of sp³-hybridized carbons (Fsp3) is 0.636. The van der Waals surface area contributed by atoms with E-state index in [0.29, 0.717) is 12.5 Å². The standard InChI is InChI=1S/C11H19N3O/c1-5-11(3,4)14-9-7-10(15-6-2)13-8-12-9/h7-8H,5-6H2,1-4H3,(H,12,13,14). The van der Waals surface area contributed by atoms with Crippen LogP contribution in [0.3, 0.4) is 0 Å². The molecule has 1 aromatic heterocycles. The number of nitrogens with zero attached hydrogens (tertiary/aromatic N) is 2. The lowest BCUT2D eigenvalue weighted by Gasteiger charge is -2.25. The summed E-state index contributed by atoms with van der Waals surface area (Å²) in [4.78, 5) is 8.16. The molecule has 0 atom stereocenters. The highest BCUT2D eigenvalue weighted by atomic mass is 16.5. The zero-order valence-electron chi connectivity index (χ0n) is 9.87. The lowest BCUT2D eigenvalue weighted by atomic mass is 10.0. The zero-order valence-corrected chi connectivity index (χ0v) is 9.87. The summed E-state index contributed by atoms with van der Waals surface area (Å²) in [5, 5.41) is 3.34. The maximum Gasteiger partial charge on any atom is 0.218 e. The van der Waals surface area contributed by atoms with E-state index in [4.69, 9.17) is 4.74 Å².